The Morgan fingerprint density at radius 2 is 2.14 bits per heavy atom. The van der Waals surface area contributed by atoms with Crippen LogP contribution in [0, 0.1) is 11.3 Å². The summed E-state index contributed by atoms with van der Waals surface area (Å²) in [5.74, 6) is 0.773. The number of hydrogen-bond donors (Lipinski definition) is 0. The van der Waals surface area contributed by atoms with Gasteiger partial charge in [0.1, 0.15) is 5.75 Å². The van der Waals surface area contributed by atoms with Crippen LogP contribution in [0.4, 0.5) is 0 Å². The van der Waals surface area contributed by atoms with Crippen LogP contribution in [0.5, 0.6) is 5.75 Å². The Morgan fingerprint density at radius 3 is 2.90 bits per heavy atom. The van der Waals surface area contributed by atoms with E-state index in [2.05, 4.69) is 35.5 Å². The molecule has 0 saturated heterocycles. The van der Waals surface area contributed by atoms with Gasteiger partial charge in [-0.1, -0.05) is 12.1 Å². The lowest BCUT2D eigenvalue weighted by Gasteiger charge is -2.16. The molecule has 0 radical (unpaired) electrons. The van der Waals surface area contributed by atoms with E-state index in [4.69, 9.17) is 10.00 Å². The molecule has 0 aliphatic heterocycles. The molecule has 0 bridgehead atoms. The maximum Gasteiger partial charge on any atom is 0.120 e. The SMILES string of the molecule is CN(CCCOc1cccc(C#N)c1)CCc1cccs1. The van der Waals surface area contributed by atoms with Crippen molar-refractivity contribution in [2.45, 2.75) is 12.8 Å². The Hall–Kier alpha value is -1.83. The van der Waals surface area contributed by atoms with E-state index < -0.39 is 0 Å². The summed E-state index contributed by atoms with van der Waals surface area (Å²) in [6.07, 6.45) is 2.09. The third-order valence-electron chi connectivity index (χ3n) is 3.24. The molecule has 0 unspecified atom stereocenters. The standard InChI is InChI=1S/C17H20N2OS/c1-19(10-8-17-7-3-12-21-17)9-4-11-20-16-6-2-5-15(13-16)14-18/h2-3,5-7,12-13H,4,8-11H2,1H3. The van der Waals surface area contributed by atoms with Gasteiger partial charge in [0.25, 0.3) is 0 Å². The molecule has 0 N–H and O–H groups in total. The maximum absolute atomic E-state index is 8.83. The second-order valence-corrected chi connectivity index (χ2v) is 6.01. The molecule has 1 aromatic heterocycles. The van der Waals surface area contributed by atoms with Crippen molar-refractivity contribution in [3.05, 3.63) is 52.2 Å². The highest BCUT2D eigenvalue weighted by molar-refractivity contribution is 7.09. The molecule has 0 atom stereocenters. The van der Waals surface area contributed by atoms with Crippen LogP contribution in [0.3, 0.4) is 0 Å². The number of likely N-dealkylation sites (N-methyl/N-ethyl adjacent to an activating group) is 1. The molecule has 3 nitrogen and oxygen atoms in total. The van der Waals surface area contributed by atoms with E-state index in [1.807, 2.05) is 23.5 Å². The first kappa shape index (κ1) is 15.6. The van der Waals surface area contributed by atoms with Gasteiger partial charge in [-0.2, -0.15) is 5.26 Å². The molecule has 2 rings (SSSR count). The number of hydrogen-bond acceptors (Lipinski definition) is 4. The fraction of sp³-hybridized carbons (Fsp3) is 0.353. The molecule has 1 heterocycles. The fourth-order valence-corrected chi connectivity index (χ4v) is 2.75. The summed E-state index contributed by atoms with van der Waals surface area (Å²) < 4.78 is 5.67. The lowest BCUT2D eigenvalue weighted by atomic mass is 10.2. The lowest BCUT2D eigenvalue weighted by molar-refractivity contribution is 0.264. The van der Waals surface area contributed by atoms with Gasteiger partial charge < -0.3 is 9.64 Å². The van der Waals surface area contributed by atoms with E-state index in [1.165, 1.54) is 4.88 Å². The first-order valence-corrected chi connectivity index (χ1v) is 8.00. The van der Waals surface area contributed by atoms with Gasteiger partial charge in [-0.05, 0) is 49.5 Å². The van der Waals surface area contributed by atoms with Crippen molar-refractivity contribution in [1.82, 2.24) is 4.90 Å². The molecular formula is C17H20N2OS. The van der Waals surface area contributed by atoms with Crippen LogP contribution in [0.25, 0.3) is 0 Å². The van der Waals surface area contributed by atoms with Crippen LogP contribution in [-0.2, 0) is 6.42 Å². The van der Waals surface area contributed by atoms with Gasteiger partial charge in [0, 0.05) is 18.0 Å². The first-order valence-electron chi connectivity index (χ1n) is 7.12. The molecule has 0 aliphatic carbocycles. The molecule has 21 heavy (non-hydrogen) atoms. The van der Waals surface area contributed by atoms with Crippen molar-refractivity contribution in [2.75, 3.05) is 26.7 Å². The number of nitrogens with zero attached hydrogens (tertiary/aromatic N) is 2. The third kappa shape index (κ3) is 5.58. The van der Waals surface area contributed by atoms with Crippen LogP contribution in [-0.4, -0.2) is 31.6 Å². The predicted molar refractivity (Wildman–Crippen MR) is 86.8 cm³/mol. The molecule has 1 aromatic carbocycles. The number of nitriles is 1. The number of ether oxygens (including phenoxy) is 1. The zero-order valence-corrected chi connectivity index (χ0v) is 13.1. The van der Waals surface area contributed by atoms with Crippen molar-refractivity contribution >= 4 is 11.3 Å². The van der Waals surface area contributed by atoms with Gasteiger partial charge in [0.15, 0.2) is 0 Å². The Bertz CT molecular complexity index is 575. The Balaban J connectivity index is 1.61. The Morgan fingerprint density at radius 1 is 1.24 bits per heavy atom. The molecule has 2 aromatic rings. The molecule has 0 spiro atoms. The molecular weight excluding hydrogens is 280 g/mol. The van der Waals surface area contributed by atoms with E-state index in [0.717, 1.165) is 31.7 Å². The van der Waals surface area contributed by atoms with Gasteiger partial charge in [0.05, 0.1) is 18.2 Å². The molecule has 0 amide bonds. The molecule has 4 heteroatoms. The summed E-state index contributed by atoms with van der Waals surface area (Å²) in [5.41, 5.74) is 0.639. The smallest absolute Gasteiger partial charge is 0.120 e. The first-order chi connectivity index (χ1) is 10.3. The number of rotatable bonds is 8. The minimum atomic E-state index is 0.639. The minimum Gasteiger partial charge on any atom is -0.494 e. The summed E-state index contributed by atoms with van der Waals surface area (Å²) in [7, 11) is 2.14. The molecule has 0 saturated carbocycles. The van der Waals surface area contributed by atoms with Crippen molar-refractivity contribution in [1.29, 1.82) is 5.26 Å². The van der Waals surface area contributed by atoms with Crippen LogP contribution in [0.15, 0.2) is 41.8 Å². The zero-order chi connectivity index (χ0) is 14.9. The lowest BCUT2D eigenvalue weighted by Crippen LogP contribution is -2.23. The molecule has 0 aliphatic rings. The average molecular weight is 300 g/mol. The van der Waals surface area contributed by atoms with Crippen molar-refractivity contribution in [3.8, 4) is 11.8 Å². The average Bonchev–Trinajstić information content (AvgIpc) is 3.03. The van der Waals surface area contributed by atoms with E-state index in [1.54, 1.807) is 12.1 Å². The second kappa shape index (κ2) is 8.46. The number of benzene rings is 1. The van der Waals surface area contributed by atoms with E-state index in [0.29, 0.717) is 12.2 Å². The monoisotopic (exact) mass is 300 g/mol. The Labute approximate surface area is 130 Å². The highest BCUT2D eigenvalue weighted by Crippen LogP contribution is 2.13. The normalized spacial score (nSPS) is 10.5. The third-order valence-corrected chi connectivity index (χ3v) is 4.17. The topological polar surface area (TPSA) is 36.3 Å². The predicted octanol–water partition coefficient (Wildman–Crippen LogP) is 3.56. The second-order valence-electron chi connectivity index (χ2n) is 4.97. The molecule has 110 valence electrons. The van der Waals surface area contributed by atoms with Gasteiger partial charge in [-0.3, -0.25) is 0 Å². The van der Waals surface area contributed by atoms with Gasteiger partial charge >= 0.3 is 0 Å². The Kier molecular flexibility index (Phi) is 6.26. The van der Waals surface area contributed by atoms with E-state index >= 15 is 0 Å². The quantitative estimate of drug-likeness (QED) is 0.699. The zero-order valence-electron chi connectivity index (χ0n) is 12.3. The van der Waals surface area contributed by atoms with Gasteiger partial charge in [-0.15, -0.1) is 11.3 Å². The molecule has 0 fully saturated rings. The van der Waals surface area contributed by atoms with Crippen molar-refractivity contribution < 1.29 is 4.74 Å². The van der Waals surface area contributed by atoms with Gasteiger partial charge in [-0.25, -0.2) is 0 Å². The fourth-order valence-electron chi connectivity index (χ4n) is 2.05. The largest absolute Gasteiger partial charge is 0.494 e. The minimum absolute atomic E-state index is 0.639. The van der Waals surface area contributed by atoms with Crippen LogP contribution in [0.2, 0.25) is 0 Å². The summed E-state index contributed by atoms with van der Waals surface area (Å²) in [6, 6.07) is 13.7. The van der Waals surface area contributed by atoms with Gasteiger partial charge in [0.2, 0.25) is 0 Å². The number of thiophene rings is 1. The summed E-state index contributed by atoms with van der Waals surface area (Å²) in [6.45, 7) is 2.77. The van der Waals surface area contributed by atoms with E-state index in [9.17, 15) is 0 Å². The maximum atomic E-state index is 8.83. The summed E-state index contributed by atoms with van der Waals surface area (Å²) >= 11 is 1.82. The highest BCUT2D eigenvalue weighted by atomic mass is 32.1. The summed E-state index contributed by atoms with van der Waals surface area (Å²) in [4.78, 5) is 3.76. The van der Waals surface area contributed by atoms with Crippen LogP contribution < -0.4 is 4.74 Å². The van der Waals surface area contributed by atoms with Crippen molar-refractivity contribution in [2.24, 2.45) is 0 Å². The van der Waals surface area contributed by atoms with Crippen LogP contribution in [0.1, 0.15) is 16.9 Å². The van der Waals surface area contributed by atoms with Crippen molar-refractivity contribution in [3.63, 3.8) is 0 Å². The van der Waals surface area contributed by atoms with E-state index in [-0.39, 0.29) is 0 Å². The summed E-state index contributed by atoms with van der Waals surface area (Å²) in [5, 5.41) is 11.0. The van der Waals surface area contributed by atoms with Crippen LogP contribution >= 0.6 is 11.3 Å². The highest BCUT2D eigenvalue weighted by Gasteiger charge is 2.01.